The van der Waals surface area contributed by atoms with Crippen LogP contribution in [0, 0.1) is 0 Å². The molecule has 0 aliphatic carbocycles. The highest BCUT2D eigenvalue weighted by molar-refractivity contribution is 7.72. The number of hydrogen-bond acceptors (Lipinski definition) is 9. The molecule has 0 fully saturated rings. The Morgan fingerprint density at radius 1 is 0.969 bits per heavy atom. The van der Waals surface area contributed by atoms with E-state index in [-0.39, 0.29) is 42.0 Å². The average Bonchev–Trinajstić information content (AvgIpc) is 2.70. The van der Waals surface area contributed by atoms with Crippen LogP contribution in [0.15, 0.2) is 23.3 Å². The standard InChI is InChI=1S/C18H29Cl2N3O7P2/c1-5-27-31(25,28-6-2)17(32(26,29-7-3)30-8-4)12-23(13-22-21)18(24)14-9-15(19)11-16(20)10-14/h9-11,13,17H,5-8,12,21H2,1-4H3. The molecule has 32 heavy (non-hydrogen) atoms. The van der Waals surface area contributed by atoms with Crippen molar-refractivity contribution >= 4 is 50.6 Å². The first-order valence-electron chi connectivity index (χ1n) is 9.88. The Morgan fingerprint density at radius 2 is 1.38 bits per heavy atom. The Morgan fingerprint density at radius 3 is 1.72 bits per heavy atom. The Kier molecular flexibility index (Phi) is 12.4. The zero-order valence-electron chi connectivity index (χ0n) is 18.4. The highest BCUT2D eigenvalue weighted by Crippen LogP contribution is 2.70. The van der Waals surface area contributed by atoms with Gasteiger partial charge in [-0.3, -0.25) is 18.8 Å². The Balaban J connectivity index is 3.56. The van der Waals surface area contributed by atoms with Gasteiger partial charge in [0.15, 0.2) is 5.40 Å². The monoisotopic (exact) mass is 531 g/mol. The van der Waals surface area contributed by atoms with E-state index in [2.05, 4.69) is 5.10 Å². The fourth-order valence-electron chi connectivity index (χ4n) is 2.79. The molecular weight excluding hydrogens is 503 g/mol. The van der Waals surface area contributed by atoms with Crippen molar-refractivity contribution in [3.63, 3.8) is 0 Å². The van der Waals surface area contributed by atoms with Crippen LogP contribution in [0.1, 0.15) is 38.1 Å². The van der Waals surface area contributed by atoms with Crippen LogP contribution >= 0.6 is 38.4 Å². The van der Waals surface area contributed by atoms with Crippen molar-refractivity contribution in [2.45, 2.75) is 33.1 Å². The highest BCUT2D eigenvalue weighted by Gasteiger charge is 2.52. The van der Waals surface area contributed by atoms with Gasteiger partial charge in [-0.05, 0) is 45.9 Å². The van der Waals surface area contributed by atoms with Gasteiger partial charge < -0.3 is 23.9 Å². The summed E-state index contributed by atoms with van der Waals surface area (Å²) in [4.78, 5) is 14.2. The number of hydrazone groups is 1. The van der Waals surface area contributed by atoms with Crippen LogP contribution in [0.4, 0.5) is 0 Å². The van der Waals surface area contributed by atoms with Gasteiger partial charge in [0.25, 0.3) is 5.91 Å². The zero-order valence-corrected chi connectivity index (χ0v) is 21.7. The molecular formula is C18H29Cl2N3O7P2. The number of rotatable bonds is 14. The lowest BCUT2D eigenvalue weighted by atomic mass is 10.2. The van der Waals surface area contributed by atoms with E-state index in [1.807, 2.05) is 0 Å². The van der Waals surface area contributed by atoms with Crippen LogP contribution in [0.25, 0.3) is 0 Å². The molecule has 1 aromatic rings. The second-order valence-electron chi connectivity index (χ2n) is 6.11. The van der Waals surface area contributed by atoms with Crippen molar-refractivity contribution in [1.82, 2.24) is 4.90 Å². The predicted octanol–water partition coefficient (Wildman–Crippen LogP) is 5.20. The van der Waals surface area contributed by atoms with Crippen molar-refractivity contribution in [2.75, 3.05) is 33.0 Å². The second kappa shape index (κ2) is 13.7. The number of nitrogens with two attached hydrogens (primary N) is 1. The van der Waals surface area contributed by atoms with Crippen LogP contribution in [-0.2, 0) is 27.2 Å². The first kappa shape index (κ1) is 29.1. The van der Waals surface area contributed by atoms with Gasteiger partial charge in [0.1, 0.15) is 6.34 Å². The minimum Gasteiger partial charge on any atom is -0.322 e. The van der Waals surface area contributed by atoms with Crippen LogP contribution in [0.2, 0.25) is 10.0 Å². The number of carbonyl (C=O) groups is 1. The van der Waals surface area contributed by atoms with E-state index in [0.717, 1.165) is 11.2 Å². The van der Waals surface area contributed by atoms with Crippen molar-refractivity contribution in [3.8, 4) is 0 Å². The maximum atomic E-state index is 13.7. The molecule has 0 aliphatic heterocycles. The molecule has 0 unspecified atom stereocenters. The SMILES string of the molecule is CCOP(=O)(OCC)C(CN(C=NN)C(=O)c1cc(Cl)cc(Cl)c1)P(=O)(OCC)OCC. The van der Waals surface area contributed by atoms with E-state index >= 15 is 0 Å². The van der Waals surface area contributed by atoms with Crippen LogP contribution in [0.3, 0.4) is 0 Å². The summed E-state index contributed by atoms with van der Waals surface area (Å²) in [5, 5.41) is 2.37. The third-order valence-corrected chi connectivity index (χ3v) is 10.3. The number of carbonyl (C=O) groups excluding carboxylic acids is 1. The first-order valence-corrected chi connectivity index (χ1v) is 13.9. The summed E-state index contributed by atoms with van der Waals surface area (Å²) in [6, 6.07) is 4.23. The van der Waals surface area contributed by atoms with Gasteiger partial charge in [-0.2, -0.15) is 5.10 Å². The lowest BCUT2D eigenvalue weighted by Gasteiger charge is -2.33. The summed E-state index contributed by atoms with van der Waals surface area (Å²) >= 11 is 12.0. The molecule has 0 bridgehead atoms. The molecule has 0 saturated carbocycles. The number of halogens is 2. The summed E-state index contributed by atoms with van der Waals surface area (Å²) in [5.41, 5.74) is 0.103. The van der Waals surface area contributed by atoms with Crippen LogP contribution in [0.5, 0.6) is 0 Å². The number of amides is 1. The van der Waals surface area contributed by atoms with Crippen LogP contribution in [-0.4, -0.2) is 55.5 Å². The van der Waals surface area contributed by atoms with E-state index in [1.54, 1.807) is 27.7 Å². The summed E-state index contributed by atoms with van der Waals surface area (Å²) in [5.74, 6) is 4.65. The second-order valence-corrected chi connectivity index (χ2v) is 11.8. The molecule has 14 heteroatoms. The molecule has 0 aliphatic rings. The van der Waals surface area contributed by atoms with Crippen molar-refractivity contribution < 1.29 is 32.0 Å². The maximum Gasteiger partial charge on any atom is 0.347 e. The molecule has 0 spiro atoms. The third-order valence-electron chi connectivity index (χ3n) is 3.90. The van der Waals surface area contributed by atoms with E-state index in [4.69, 9.17) is 47.1 Å². The maximum absolute atomic E-state index is 13.7. The topological polar surface area (TPSA) is 130 Å². The van der Waals surface area contributed by atoms with Gasteiger partial charge in [0.05, 0.1) is 33.0 Å². The Bertz CT molecular complexity index is 818. The van der Waals surface area contributed by atoms with Crippen LogP contribution < -0.4 is 5.84 Å². The quantitative estimate of drug-likeness (QED) is 0.114. The van der Waals surface area contributed by atoms with Gasteiger partial charge in [-0.1, -0.05) is 23.2 Å². The molecule has 0 radical (unpaired) electrons. The van der Waals surface area contributed by atoms with E-state index in [1.165, 1.54) is 18.2 Å². The lowest BCUT2D eigenvalue weighted by Crippen LogP contribution is -2.38. The molecule has 1 rings (SSSR count). The molecule has 0 heterocycles. The molecule has 2 N–H and O–H groups in total. The van der Waals surface area contributed by atoms with Gasteiger partial charge in [-0.25, -0.2) is 0 Å². The minimum absolute atomic E-state index is 0.00511. The smallest absolute Gasteiger partial charge is 0.322 e. The fraction of sp³-hybridized carbons (Fsp3) is 0.556. The number of hydrogen-bond donors (Lipinski definition) is 1. The molecule has 1 aromatic carbocycles. The summed E-state index contributed by atoms with van der Waals surface area (Å²) in [6.07, 6.45) is 0.995. The molecule has 0 saturated heterocycles. The summed E-state index contributed by atoms with van der Waals surface area (Å²) in [6.45, 7) is 5.94. The fourth-order valence-corrected chi connectivity index (χ4v) is 8.53. The Hall–Kier alpha value is -0.960. The molecule has 0 atom stereocenters. The molecule has 0 aromatic heterocycles. The third kappa shape index (κ3) is 7.82. The van der Waals surface area contributed by atoms with Gasteiger partial charge >= 0.3 is 15.2 Å². The van der Waals surface area contributed by atoms with Crippen molar-refractivity contribution in [2.24, 2.45) is 10.9 Å². The van der Waals surface area contributed by atoms with E-state index in [9.17, 15) is 13.9 Å². The minimum atomic E-state index is -4.10. The van der Waals surface area contributed by atoms with Crippen molar-refractivity contribution in [3.05, 3.63) is 33.8 Å². The van der Waals surface area contributed by atoms with Crippen molar-refractivity contribution in [1.29, 1.82) is 0 Å². The highest BCUT2D eigenvalue weighted by atomic mass is 35.5. The average molecular weight is 532 g/mol. The molecule has 1 amide bonds. The van der Waals surface area contributed by atoms with E-state index < -0.39 is 33.0 Å². The number of nitrogens with zero attached hydrogens (tertiary/aromatic N) is 2. The van der Waals surface area contributed by atoms with E-state index in [0.29, 0.717) is 0 Å². The molecule has 10 nitrogen and oxygen atoms in total. The van der Waals surface area contributed by atoms with Gasteiger partial charge in [-0.15, -0.1) is 0 Å². The summed E-state index contributed by atoms with van der Waals surface area (Å²) in [7, 11) is -8.20. The Labute approximate surface area is 198 Å². The van der Waals surface area contributed by atoms with Gasteiger partial charge in [0.2, 0.25) is 0 Å². The largest absolute Gasteiger partial charge is 0.347 e. The molecule has 182 valence electrons. The van der Waals surface area contributed by atoms with Gasteiger partial charge in [0, 0.05) is 15.6 Å². The lowest BCUT2D eigenvalue weighted by molar-refractivity contribution is 0.0851. The predicted molar refractivity (Wildman–Crippen MR) is 126 cm³/mol. The normalized spacial score (nSPS) is 12.6. The number of benzene rings is 1. The first-order chi connectivity index (χ1) is 15.1. The zero-order chi connectivity index (χ0) is 24.4. The summed E-state index contributed by atoms with van der Waals surface area (Å²) < 4.78 is 49.0.